The molecule has 2 aromatic carbocycles. The Bertz CT molecular complexity index is 986. The molecule has 0 unspecified atom stereocenters. The molecule has 1 aliphatic heterocycles. The van der Waals surface area contributed by atoms with Crippen LogP contribution in [0.2, 0.25) is 0 Å². The van der Waals surface area contributed by atoms with Crippen LogP contribution in [-0.4, -0.2) is 33.0 Å². The topological polar surface area (TPSA) is 62.6 Å². The van der Waals surface area contributed by atoms with Crippen molar-refractivity contribution in [2.45, 2.75) is 24.3 Å². The standard InChI is InChI=1S/C21H24N2O3S/c24-27(25,21-9-3-6-18-5-1-2-8-20(18)21)22-15-17-10-12-23(13-11-17)16-19-7-4-14-26-19/h1-9,14,17,22H,10-13,15-16H2. The molecule has 0 saturated carbocycles. The molecule has 1 saturated heterocycles. The summed E-state index contributed by atoms with van der Waals surface area (Å²) in [5, 5.41) is 1.70. The van der Waals surface area contributed by atoms with E-state index < -0.39 is 10.0 Å². The van der Waals surface area contributed by atoms with E-state index in [2.05, 4.69) is 9.62 Å². The number of hydrogen-bond donors (Lipinski definition) is 1. The van der Waals surface area contributed by atoms with Crippen LogP contribution in [-0.2, 0) is 16.6 Å². The van der Waals surface area contributed by atoms with Crippen molar-refractivity contribution in [3.05, 3.63) is 66.6 Å². The van der Waals surface area contributed by atoms with E-state index in [0.717, 1.165) is 49.0 Å². The van der Waals surface area contributed by atoms with Crippen LogP contribution < -0.4 is 4.72 Å². The van der Waals surface area contributed by atoms with Gasteiger partial charge in [-0.2, -0.15) is 0 Å². The zero-order valence-corrected chi connectivity index (χ0v) is 16.0. The number of sulfonamides is 1. The van der Waals surface area contributed by atoms with Gasteiger partial charge in [-0.15, -0.1) is 0 Å². The Balaban J connectivity index is 1.36. The third-order valence-corrected chi connectivity index (χ3v) is 6.75. The lowest BCUT2D eigenvalue weighted by molar-refractivity contribution is 0.168. The highest BCUT2D eigenvalue weighted by atomic mass is 32.2. The van der Waals surface area contributed by atoms with E-state index in [-0.39, 0.29) is 0 Å². The van der Waals surface area contributed by atoms with Crippen LogP contribution in [0.5, 0.6) is 0 Å². The minimum atomic E-state index is -3.52. The van der Waals surface area contributed by atoms with Gasteiger partial charge in [-0.25, -0.2) is 13.1 Å². The van der Waals surface area contributed by atoms with Gasteiger partial charge in [-0.3, -0.25) is 4.90 Å². The van der Waals surface area contributed by atoms with Gasteiger partial charge in [0.25, 0.3) is 0 Å². The maximum atomic E-state index is 12.8. The number of rotatable bonds is 6. The minimum absolute atomic E-state index is 0.357. The molecule has 142 valence electrons. The first-order valence-electron chi connectivity index (χ1n) is 9.34. The van der Waals surface area contributed by atoms with Gasteiger partial charge in [0.1, 0.15) is 5.76 Å². The predicted molar refractivity (Wildman–Crippen MR) is 106 cm³/mol. The van der Waals surface area contributed by atoms with Crippen LogP contribution >= 0.6 is 0 Å². The molecule has 4 rings (SSSR count). The number of nitrogens with zero attached hydrogens (tertiary/aromatic N) is 1. The molecular weight excluding hydrogens is 360 g/mol. The smallest absolute Gasteiger partial charge is 0.241 e. The van der Waals surface area contributed by atoms with Crippen LogP contribution in [0.4, 0.5) is 0 Å². The normalized spacial score (nSPS) is 16.7. The molecule has 0 amide bonds. The Morgan fingerprint density at radius 3 is 2.56 bits per heavy atom. The van der Waals surface area contributed by atoms with E-state index in [4.69, 9.17) is 4.42 Å². The van der Waals surface area contributed by atoms with Crippen molar-refractivity contribution in [2.24, 2.45) is 5.92 Å². The average Bonchev–Trinajstić information content (AvgIpc) is 3.20. The number of likely N-dealkylation sites (tertiary alicyclic amines) is 1. The second-order valence-corrected chi connectivity index (χ2v) is 8.86. The Hall–Kier alpha value is -2.15. The highest BCUT2D eigenvalue weighted by Crippen LogP contribution is 2.24. The molecule has 27 heavy (non-hydrogen) atoms. The number of fused-ring (bicyclic) bond motifs is 1. The van der Waals surface area contributed by atoms with Crippen molar-refractivity contribution >= 4 is 20.8 Å². The van der Waals surface area contributed by atoms with Gasteiger partial charge in [0.05, 0.1) is 17.7 Å². The fraction of sp³-hybridized carbons (Fsp3) is 0.333. The molecule has 0 radical (unpaired) electrons. The van der Waals surface area contributed by atoms with Gasteiger partial charge in [-0.1, -0.05) is 36.4 Å². The molecule has 0 atom stereocenters. The quantitative estimate of drug-likeness (QED) is 0.705. The molecular formula is C21H24N2O3S. The summed E-state index contributed by atoms with van der Waals surface area (Å²) in [5.41, 5.74) is 0. The summed E-state index contributed by atoms with van der Waals surface area (Å²) in [4.78, 5) is 2.71. The van der Waals surface area contributed by atoms with Gasteiger partial charge in [-0.05, 0) is 55.4 Å². The van der Waals surface area contributed by atoms with Gasteiger partial charge in [0, 0.05) is 11.9 Å². The fourth-order valence-corrected chi connectivity index (χ4v) is 5.05. The van der Waals surface area contributed by atoms with Crippen LogP contribution in [0.25, 0.3) is 10.8 Å². The monoisotopic (exact) mass is 384 g/mol. The molecule has 0 aliphatic carbocycles. The molecule has 1 aromatic heterocycles. The molecule has 5 nitrogen and oxygen atoms in total. The maximum absolute atomic E-state index is 12.8. The van der Waals surface area contributed by atoms with Gasteiger partial charge in [0.15, 0.2) is 0 Å². The van der Waals surface area contributed by atoms with E-state index in [9.17, 15) is 8.42 Å². The van der Waals surface area contributed by atoms with Gasteiger partial charge >= 0.3 is 0 Å². The zero-order chi connectivity index (χ0) is 18.7. The third kappa shape index (κ3) is 4.24. The largest absolute Gasteiger partial charge is 0.468 e. The lowest BCUT2D eigenvalue weighted by Crippen LogP contribution is -2.38. The van der Waals surface area contributed by atoms with Crippen molar-refractivity contribution in [1.29, 1.82) is 0 Å². The predicted octanol–water partition coefficient (Wildman–Crippen LogP) is 3.62. The summed E-state index contributed by atoms with van der Waals surface area (Å²) in [6.07, 6.45) is 3.67. The van der Waals surface area contributed by atoms with Crippen LogP contribution in [0.1, 0.15) is 18.6 Å². The Morgan fingerprint density at radius 2 is 1.78 bits per heavy atom. The zero-order valence-electron chi connectivity index (χ0n) is 15.2. The van der Waals surface area contributed by atoms with E-state index >= 15 is 0 Å². The lowest BCUT2D eigenvalue weighted by atomic mass is 9.97. The summed E-state index contributed by atoms with van der Waals surface area (Å²) in [7, 11) is -3.52. The van der Waals surface area contributed by atoms with E-state index in [1.54, 1.807) is 18.4 Å². The van der Waals surface area contributed by atoms with Crippen molar-refractivity contribution in [3.8, 4) is 0 Å². The van der Waals surface area contributed by atoms with Crippen molar-refractivity contribution in [2.75, 3.05) is 19.6 Å². The van der Waals surface area contributed by atoms with E-state index in [1.807, 2.05) is 42.5 Å². The Labute approximate surface area is 160 Å². The fourth-order valence-electron chi connectivity index (χ4n) is 3.71. The summed E-state index contributed by atoms with van der Waals surface area (Å²) in [5.74, 6) is 1.34. The summed E-state index contributed by atoms with van der Waals surface area (Å²) in [6.45, 7) is 3.23. The second-order valence-electron chi connectivity index (χ2n) is 7.13. The molecule has 1 aliphatic rings. The molecule has 0 spiro atoms. The van der Waals surface area contributed by atoms with Crippen molar-refractivity contribution in [1.82, 2.24) is 9.62 Å². The maximum Gasteiger partial charge on any atom is 0.241 e. The number of piperidine rings is 1. The number of nitrogens with one attached hydrogen (secondary N) is 1. The third-order valence-electron chi connectivity index (χ3n) is 5.27. The first-order valence-corrected chi connectivity index (χ1v) is 10.8. The SMILES string of the molecule is O=S(=O)(NCC1CCN(Cc2ccco2)CC1)c1cccc2ccccc12. The molecule has 0 bridgehead atoms. The van der Waals surface area contributed by atoms with Crippen LogP contribution in [0, 0.1) is 5.92 Å². The second kappa shape index (κ2) is 7.84. The first-order chi connectivity index (χ1) is 13.1. The van der Waals surface area contributed by atoms with Crippen molar-refractivity contribution in [3.63, 3.8) is 0 Å². The number of hydrogen-bond acceptors (Lipinski definition) is 4. The summed E-state index contributed by atoms with van der Waals surface area (Å²) < 4.78 is 33.9. The Morgan fingerprint density at radius 1 is 1.00 bits per heavy atom. The van der Waals surface area contributed by atoms with Crippen LogP contribution in [0.15, 0.2) is 70.2 Å². The average molecular weight is 385 g/mol. The first kappa shape index (κ1) is 18.2. The minimum Gasteiger partial charge on any atom is -0.468 e. The molecule has 1 fully saturated rings. The van der Waals surface area contributed by atoms with Gasteiger partial charge < -0.3 is 4.42 Å². The number of benzene rings is 2. The highest BCUT2D eigenvalue weighted by molar-refractivity contribution is 7.89. The highest BCUT2D eigenvalue weighted by Gasteiger charge is 2.23. The van der Waals surface area contributed by atoms with E-state index in [0.29, 0.717) is 17.4 Å². The van der Waals surface area contributed by atoms with Crippen LogP contribution in [0.3, 0.4) is 0 Å². The molecule has 2 heterocycles. The molecule has 3 aromatic rings. The van der Waals surface area contributed by atoms with E-state index in [1.165, 1.54) is 0 Å². The summed E-state index contributed by atoms with van der Waals surface area (Å²) >= 11 is 0. The lowest BCUT2D eigenvalue weighted by Gasteiger charge is -2.31. The Kier molecular flexibility index (Phi) is 5.29. The van der Waals surface area contributed by atoms with Crippen molar-refractivity contribution < 1.29 is 12.8 Å². The van der Waals surface area contributed by atoms with Gasteiger partial charge in [0.2, 0.25) is 10.0 Å². The molecule has 1 N–H and O–H groups in total. The number of furan rings is 1. The summed E-state index contributed by atoms with van der Waals surface area (Å²) in [6, 6.07) is 16.9. The molecule has 6 heteroatoms.